The second kappa shape index (κ2) is 9.94. The standard InChI is InChI=1S/C24H22F4N4O3S/c1-15(20-13-21(30-14-29-20)16-4-6-17(7-5-16)24(26,27)28)31-23(33)22-3-2-12-32(22)36(34,35)19-10-8-18(25)9-11-19/h4-11,13-15,22H,2-3,12H2,1H3,(H,31,33). The molecule has 0 bridgehead atoms. The van der Waals surface area contributed by atoms with Crippen molar-refractivity contribution in [2.45, 2.75) is 42.9 Å². The van der Waals surface area contributed by atoms with Crippen LogP contribution in [-0.4, -0.2) is 41.2 Å². The fraction of sp³-hybridized carbons (Fsp3) is 0.292. The number of nitrogens with zero attached hydrogens (tertiary/aromatic N) is 3. The van der Waals surface area contributed by atoms with Gasteiger partial charge in [-0.3, -0.25) is 4.79 Å². The number of nitrogens with one attached hydrogen (secondary N) is 1. The minimum absolute atomic E-state index is 0.103. The zero-order valence-electron chi connectivity index (χ0n) is 19.0. The molecule has 2 unspecified atom stereocenters. The highest BCUT2D eigenvalue weighted by Gasteiger charge is 2.40. The second-order valence-electron chi connectivity index (χ2n) is 8.36. The molecule has 1 N–H and O–H groups in total. The van der Waals surface area contributed by atoms with Crippen LogP contribution in [0, 0.1) is 5.82 Å². The lowest BCUT2D eigenvalue weighted by atomic mass is 10.1. The van der Waals surface area contributed by atoms with Gasteiger partial charge in [-0.2, -0.15) is 17.5 Å². The quantitative estimate of drug-likeness (QED) is 0.487. The van der Waals surface area contributed by atoms with Gasteiger partial charge in [-0.05, 0) is 62.2 Å². The van der Waals surface area contributed by atoms with Gasteiger partial charge in [-0.15, -0.1) is 0 Å². The van der Waals surface area contributed by atoms with Gasteiger partial charge in [0, 0.05) is 12.1 Å². The molecule has 2 aromatic carbocycles. The zero-order chi connectivity index (χ0) is 26.1. The number of carbonyl (C=O) groups excluding carboxylic acids is 1. The van der Waals surface area contributed by atoms with Gasteiger partial charge in [0.2, 0.25) is 15.9 Å². The molecule has 0 saturated carbocycles. The van der Waals surface area contributed by atoms with Crippen LogP contribution >= 0.6 is 0 Å². The molecule has 1 fully saturated rings. The van der Waals surface area contributed by atoms with Gasteiger partial charge < -0.3 is 5.32 Å². The summed E-state index contributed by atoms with van der Waals surface area (Å²) in [5, 5.41) is 2.76. The third-order valence-corrected chi connectivity index (χ3v) is 7.85. The van der Waals surface area contributed by atoms with Crippen molar-refractivity contribution in [1.82, 2.24) is 19.6 Å². The molecule has 1 saturated heterocycles. The minimum Gasteiger partial charge on any atom is -0.347 e. The van der Waals surface area contributed by atoms with Gasteiger partial charge in [-0.1, -0.05) is 12.1 Å². The predicted octanol–water partition coefficient (Wildman–Crippen LogP) is 4.33. The number of alkyl halides is 3. The van der Waals surface area contributed by atoms with E-state index in [0.717, 1.165) is 40.7 Å². The van der Waals surface area contributed by atoms with E-state index in [1.165, 1.54) is 18.5 Å². The van der Waals surface area contributed by atoms with E-state index in [-0.39, 0.29) is 11.4 Å². The zero-order valence-corrected chi connectivity index (χ0v) is 19.9. The first-order valence-electron chi connectivity index (χ1n) is 11.0. The highest BCUT2D eigenvalue weighted by Crippen LogP contribution is 2.31. The smallest absolute Gasteiger partial charge is 0.347 e. The van der Waals surface area contributed by atoms with Crippen molar-refractivity contribution in [3.05, 3.63) is 78.0 Å². The molecule has 2 heterocycles. The summed E-state index contributed by atoms with van der Waals surface area (Å²) in [5.41, 5.74) is 0.436. The summed E-state index contributed by atoms with van der Waals surface area (Å²) in [7, 11) is -4.01. The molecule has 1 aromatic heterocycles. The average molecular weight is 523 g/mol. The highest BCUT2D eigenvalue weighted by atomic mass is 32.2. The summed E-state index contributed by atoms with van der Waals surface area (Å²) in [5.74, 6) is -1.08. The fourth-order valence-corrected chi connectivity index (χ4v) is 5.67. The van der Waals surface area contributed by atoms with Gasteiger partial charge >= 0.3 is 6.18 Å². The first-order valence-corrected chi connectivity index (χ1v) is 12.5. The van der Waals surface area contributed by atoms with Crippen molar-refractivity contribution < 1.29 is 30.8 Å². The molecule has 2 atom stereocenters. The normalized spacial score (nSPS) is 17.6. The Kier molecular flexibility index (Phi) is 7.10. The molecule has 1 aliphatic rings. The Bertz CT molecular complexity index is 1350. The van der Waals surface area contributed by atoms with E-state index in [9.17, 15) is 30.8 Å². The van der Waals surface area contributed by atoms with Crippen LogP contribution in [-0.2, 0) is 21.0 Å². The van der Waals surface area contributed by atoms with Crippen LogP contribution in [0.1, 0.15) is 37.1 Å². The number of hydrogen-bond acceptors (Lipinski definition) is 5. The maximum atomic E-state index is 13.2. The fourth-order valence-electron chi connectivity index (χ4n) is 4.01. The van der Waals surface area contributed by atoms with E-state index in [2.05, 4.69) is 15.3 Å². The lowest BCUT2D eigenvalue weighted by molar-refractivity contribution is -0.137. The monoisotopic (exact) mass is 522 g/mol. The Balaban J connectivity index is 1.49. The van der Waals surface area contributed by atoms with E-state index >= 15 is 0 Å². The summed E-state index contributed by atoms with van der Waals surface area (Å²) >= 11 is 0. The van der Waals surface area contributed by atoms with Crippen LogP contribution in [0.5, 0.6) is 0 Å². The van der Waals surface area contributed by atoms with Crippen LogP contribution < -0.4 is 5.32 Å². The van der Waals surface area contributed by atoms with Gasteiger partial charge in [0.1, 0.15) is 18.2 Å². The van der Waals surface area contributed by atoms with Gasteiger partial charge in [0.25, 0.3) is 0 Å². The van der Waals surface area contributed by atoms with Crippen molar-refractivity contribution in [1.29, 1.82) is 0 Å². The maximum absolute atomic E-state index is 13.2. The van der Waals surface area contributed by atoms with E-state index in [0.29, 0.717) is 29.8 Å². The Morgan fingerprint density at radius 2 is 1.75 bits per heavy atom. The van der Waals surface area contributed by atoms with Crippen molar-refractivity contribution in [2.75, 3.05) is 6.54 Å². The molecule has 36 heavy (non-hydrogen) atoms. The molecule has 0 aliphatic carbocycles. The molecular formula is C24H22F4N4O3S. The largest absolute Gasteiger partial charge is 0.416 e. The van der Waals surface area contributed by atoms with Gasteiger partial charge in [0.05, 0.1) is 27.9 Å². The number of carbonyl (C=O) groups is 1. The molecule has 7 nitrogen and oxygen atoms in total. The molecule has 1 aliphatic heterocycles. The number of halogens is 4. The maximum Gasteiger partial charge on any atom is 0.416 e. The summed E-state index contributed by atoms with van der Waals surface area (Å²) in [4.78, 5) is 21.2. The third-order valence-electron chi connectivity index (χ3n) is 5.93. The molecular weight excluding hydrogens is 500 g/mol. The predicted molar refractivity (Wildman–Crippen MR) is 122 cm³/mol. The number of benzene rings is 2. The van der Waals surface area contributed by atoms with Crippen LogP contribution in [0.15, 0.2) is 65.8 Å². The molecule has 0 radical (unpaired) electrons. The Hall–Kier alpha value is -3.38. The summed E-state index contributed by atoms with van der Waals surface area (Å²) in [6.07, 6.45) is -2.41. The van der Waals surface area contributed by atoms with Gasteiger partial charge in [-0.25, -0.2) is 22.8 Å². The lowest BCUT2D eigenvalue weighted by Gasteiger charge is -2.25. The third kappa shape index (κ3) is 5.39. The number of aromatic nitrogens is 2. The SMILES string of the molecule is CC(NC(=O)C1CCCN1S(=O)(=O)c1ccc(F)cc1)c1cc(-c2ccc(C(F)(F)F)cc2)ncn1. The van der Waals surface area contributed by atoms with Crippen molar-refractivity contribution in [3.8, 4) is 11.3 Å². The number of amides is 1. The Morgan fingerprint density at radius 1 is 1.08 bits per heavy atom. The average Bonchev–Trinajstić information content (AvgIpc) is 3.35. The molecule has 4 rings (SSSR count). The number of sulfonamides is 1. The summed E-state index contributed by atoms with van der Waals surface area (Å²) in [6, 6.07) is 8.89. The Morgan fingerprint density at radius 3 is 2.39 bits per heavy atom. The first kappa shape index (κ1) is 25.7. The van der Waals surface area contributed by atoms with Gasteiger partial charge in [0.15, 0.2) is 0 Å². The molecule has 0 spiro atoms. The van der Waals surface area contributed by atoms with Crippen LogP contribution in [0.25, 0.3) is 11.3 Å². The van der Waals surface area contributed by atoms with Crippen LogP contribution in [0.3, 0.4) is 0 Å². The van der Waals surface area contributed by atoms with Crippen molar-refractivity contribution >= 4 is 15.9 Å². The highest BCUT2D eigenvalue weighted by molar-refractivity contribution is 7.89. The second-order valence-corrected chi connectivity index (χ2v) is 10.3. The van der Waals surface area contributed by atoms with E-state index < -0.39 is 45.6 Å². The molecule has 3 aromatic rings. The van der Waals surface area contributed by atoms with E-state index in [1.807, 2.05) is 0 Å². The van der Waals surface area contributed by atoms with E-state index in [4.69, 9.17) is 0 Å². The molecule has 1 amide bonds. The first-order chi connectivity index (χ1) is 17.0. The molecule has 190 valence electrons. The number of rotatable bonds is 6. The molecule has 12 heteroatoms. The lowest BCUT2D eigenvalue weighted by Crippen LogP contribution is -2.46. The van der Waals surface area contributed by atoms with Crippen molar-refractivity contribution in [2.24, 2.45) is 0 Å². The van der Waals surface area contributed by atoms with Crippen molar-refractivity contribution in [3.63, 3.8) is 0 Å². The summed E-state index contributed by atoms with van der Waals surface area (Å²) in [6.45, 7) is 1.81. The minimum atomic E-state index is -4.45. The topological polar surface area (TPSA) is 92.3 Å². The Labute approximate surface area is 205 Å². The van der Waals surface area contributed by atoms with Crippen LogP contribution in [0.2, 0.25) is 0 Å². The van der Waals surface area contributed by atoms with Crippen LogP contribution in [0.4, 0.5) is 17.6 Å². The number of hydrogen-bond donors (Lipinski definition) is 1. The summed E-state index contributed by atoms with van der Waals surface area (Å²) < 4.78 is 78.9. The van der Waals surface area contributed by atoms with E-state index in [1.54, 1.807) is 13.0 Å².